The maximum Gasteiger partial charge on any atom is 0.416 e. The summed E-state index contributed by atoms with van der Waals surface area (Å²) in [7, 11) is 1.62. The second-order valence-corrected chi connectivity index (χ2v) is 5.03. The van der Waals surface area contributed by atoms with Crippen LogP contribution in [0.4, 0.5) is 13.2 Å². The van der Waals surface area contributed by atoms with E-state index >= 15 is 0 Å². The van der Waals surface area contributed by atoms with Crippen LogP contribution in [-0.2, 0) is 19.1 Å². The smallest absolute Gasteiger partial charge is 0.356 e. The van der Waals surface area contributed by atoms with Crippen LogP contribution in [0.15, 0.2) is 33.8 Å². The Morgan fingerprint density at radius 2 is 1.92 bits per heavy atom. The van der Waals surface area contributed by atoms with E-state index in [1.165, 1.54) is 12.1 Å². The zero-order valence-corrected chi connectivity index (χ0v) is 13.3. The van der Waals surface area contributed by atoms with Crippen LogP contribution in [0.3, 0.4) is 0 Å². The fourth-order valence-corrected chi connectivity index (χ4v) is 1.98. The summed E-state index contributed by atoms with van der Waals surface area (Å²) in [6.45, 7) is 2.58. The van der Waals surface area contributed by atoms with E-state index in [0.29, 0.717) is 37.2 Å². The van der Waals surface area contributed by atoms with E-state index in [9.17, 15) is 13.2 Å². The van der Waals surface area contributed by atoms with Crippen molar-refractivity contribution in [1.82, 2.24) is 20.8 Å². The van der Waals surface area contributed by atoms with Gasteiger partial charge in [0.05, 0.1) is 12.1 Å². The molecule has 0 saturated carbocycles. The van der Waals surface area contributed by atoms with Gasteiger partial charge >= 0.3 is 6.18 Å². The highest BCUT2D eigenvalue weighted by atomic mass is 19.4. The molecule has 0 atom stereocenters. The monoisotopic (exact) mass is 341 g/mol. The van der Waals surface area contributed by atoms with E-state index in [2.05, 4.69) is 25.8 Å². The van der Waals surface area contributed by atoms with Crippen molar-refractivity contribution >= 4 is 5.96 Å². The Morgan fingerprint density at radius 3 is 2.46 bits per heavy atom. The molecule has 1 heterocycles. The van der Waals surface area contributed by atoms with Gasteiger partial charge in [0.15, 0.2) is 11.8 Å². The SMILES string of the molecule is CN=C(NCCc1ccc(C(F)(F)F)cc1)NCc1nc(C)no1. The van der Waals surface area contributed by atoms with Gasteiger partial charge in [-0.15, -0.1) is 0 Å². The average molecular weight is 341 g/mol. The summed E-state index contributed by atoms with van der Waals surface area (Å²) >= 11 is 0. The standard InChI is InChI=1S/C15H18F3N5O/c1-10-22-13(24-23-10)9-21-14(19-2)20-8-7-11-3-5-12(6-4-11)15(16,17)18/h3-6H,7-9H2,1-2H3,(H2,19,20,21). The minimum absolute atomic E-state index is 0.334. The topological polar surface area (TPSA) is 75.3 Å². The number of aryl methyl sites for hydroxylation is 1. The Hall–Kier alpha value is -2.58. The van der Waals surface area contributed by atoms with Gasteiger partial charge in [0.1, 0.15) is 0 Å². The highest BCUT2D eigenvalue weighted by Crippen LogP contribution is 2.29. The van der Waals surface area contributed by atoms with Gasteiger partial charge in [-0.05, 0) is 31.0 Å². The summed E-state index contributed by atoms with van der Waals surface area (Å²) in [5.74, 6) is 1.54. The minimum Gasteiger partial charge on any atom is -0.356 e. The third-order valence-corrected chi connectivity index (χ3v) is 3.19. The lowest BCUT2D eigenvalue weighted by atomic mass is 10.1. The maximum atomic E-state index is 12.5. The van der Waals surface area contributed by atoms with E-state index in [1.807, 2.05) is 0 Å². The molecule has 6 nitrogen and oxygen atoms in total. The molecule has 0 fully saturated rings. The Balaban J connectivity index is 1.77. The first kappa shape index (κ1) is 17.8. The summed E-state index contributed by atoms with van der Waals surface area (Å²) in [6.07, 6.45) is -3.74. The third kappa shape index (κ3) is 5.25. The molecule has 2 rings (SSSR count). The van der Waals surface area contributed by atoms with E-state index in [4.69, 9.17) is 4.52 Å². The Bertz CT molecular complexity index is 679. The normalized spacial score (nSPS) is 12.3. The lowest BCUT2D eigenvalue weighted by molar-refractivity contribution is -0.137. The van der Waals surface area contributed by atoms with Crippen molar-refractivity contribution < 1.29 is 17.7 Å². The molecule has 0 radical (unpaired) electrons. The molecule has 130 valence electrons. The summed E-state index contributed by atoms with van der Waals surface area (Å²) in [6, 6.07) is 5.12. The van der Waals surface area contributed by atoms with Crippen molar-refractivity contribution in [3.05, 3.63) is 47.1 Å². The van der Waals surface area contributed by atoms with Crippen molar-refractivity contribution in [1.29, 1.82) is 0 Å². The fraction of sp³-hybridized carbons (Fsp3) is 0.400. The molecule has 24 heavy (non-hydrogen) atoms. The molecule has 0 aliphatic rings. The first-order valence-corrected chi connectivity index (χ1v) is 7.28. The lowest BCUT2D eigenvalue weighted by Crippen LogP contribution is -2.37. The molecule has 1 aromatic heterocycles. The second-order valence-electron chi connectivity index (χ2n) is 5.03. The maximum absolute atomic E-state index is 12.5. The molecule has 0 amide bonds. The number of aromatic nitrogens is 2. The molecule has 0 aliphatic carbocycles. The number of hydrogen-bond donors (Lipinski definition) is 2. The zero-order chi connectivity index (χ0) is 17.6. The van der Waals surface area contributed by atoms with E-state index in [1.54, 1.807) is 14.0 Å². The number of rotatable bonds is 5. The predicted molar refractivity (Wildman–Crippen MR) is 82.4 cm³/mol. The number of hydrogen-bond acceptors (Lipinski definition) is 4. The minimum atomic E-state index is -4.31. The number of alkyl halides is 3. The summed E-state index contributed by atoms with van der Waals surface area (Å²) in [4.78, 5) is 8.10. The number of guanidine groups is 1. The summed E-state index contributed by atoms with van der Waals surface area (Å²) in [5.41, 5.74) is 0.157. The lowest BCUT2D eigenvalue weighted by Gasteiger charge is -2.11. The van der Waals surface area contributed by atoms with Crippen LogP contribution >= 0.6 is 0 Å². The Labute approximate surface area is 137 Å². The molecule has 9 heteroatoms. The van der Waals surface area contributed by atoms with Crippen LogP contribution < -0.4 is 10.6 Å². The van der Waals surface area contributed by atoms with Crippen molar-refractivity contribution in [2.45, 2.75) is 26.1 Å². The highest BCUT2D eigenvalue weighted by molar-refractivity contribution is 5.79. The molecular weight excluding hydrogens is 323 g/mol. The summed E-state index contributed by atoms with van der Waals surface area (Å²) < 4.78 is 42.5. The molecule has 1 aromatic carbocycles. The Morgan fingerprint density at radius 1 is 1.21 bits per heavy atom. The second kappa shape index (κ2) is 7.80. The van der Waals surface area contributed by atoms with Gasteiger partial charge in [0.2, 0.25) is 5.89 Å². The quantitative estimate of drug-likeness (QED) is 0.645. The number of halogens is 3. The molecule has 0 saturated heterocycles. The van der Waals surface area contributed by atoms with Crippen LogP contribution in [-0.4, -0.2) is 29.7 Å². The zero-order valence-electron chi connectivity index (χ0n) is 13.3. The van der Waals surface area contributed by atoms with Crippen LogP contribution in [0.5, 0.6) is 0 Å². The van der Waals surface area contributed by atoms with Crippen molar-refractivity contribution in [2.24, 2.45) is 4.99 Å². The molecule has 0 aliphatic heterocycles. The number of aliphatic imine (C=N–C) groups is 1. The van der Waals surface area contributed by atoms with Crippen LogP contribution in [0.1, 0.15) is 22.8 Å². The van der Waals surface area contributed by atoms with Crippen molar-refractivity contribution in [3.8, 4) is 0 Å². The number of nitrogens with zero attached hydrogens (tertiary/aromatic N) is 3. The third-order valence-electron chi connectivity index (χ3n) is 3.19. The fourth-order valence-electron chi connectivity index (χ4n) is 1.98. The van der Waals surface area contributed by atoms with Gasteiger partial charge in [-0.3, -0.25) is 4.99 Å². The van der Waals surface area contributed by atoms with Crippen LogP contribution in [0.2, 0.25) is 0 Å². The number of benzene rings is 1. The highest BCUT2D eigenvalue weighted by Gasteiger charge is 2.29. The van der Waals surface area contributed by atoms with E-state index in [-0.39, 0.29) is 0 Å². The van der Waals surface area contributed by atoms with Gasteiger partial charge in [-0.25, -0.2) is 0 Å². The molecule has 2 N–H and O–H groups in total. The van der Waals surface area contributed by atoms with Gasteiger partial charge in [0.25, 0.3) is 0 Å². The van der Waals surface area contributed by atoms with Crippen LogP contribution in [0, 0.1) is 6.92 Å². The van der Waals surface area contributed by atoms with E-state index in [0.717, 1.165) is 17.7 Å². The van der Waals surface area contributed by atoms with Gasteiger partial charge in [0, 0.05) is 13.6 Å². The van der Waals surface area contributed by atoms with Crippen molar-refractivity contribution in [2.75, 3.05) is 13.6 Å². The van der Waals surface area contributed by atoms with E-state index < -0.39 is 11.7 Å². The van der Waals surface area contributed by atoms with Gasteiger partial charge < -0.3 is 15.2 Å². The molecular formula is C15H18F3N5O. The first-order chi connectivity index (χ1) is 11.4. The Kier molecular flexibility index (Phi) is 5.78. The van der Waals surface area contributed by atoms with Gasteiger partial charge in [-0.2, -0.15) is 18.2 Å². The molecule has 0 spiro atoms. The first-order valence-electron chi connectivity index (χ1n) is 7.28. The van der Waals surface area contributed by atoms with Crippen molar-refractivity contribution in [3.63, 3.8) is 0 Å². The average Bonchev–Trinajstić information content (AvgIpc) is 2.96. The van der Waals surface area contributed by atoms with Crippen LogP contribution in [0.25, 0.3) is 0 Å². The molecule has 2 aromatic rings. The molecule has 0 unspecified atom stereocenters. The predicted octanol–water partition coefficient (Wildman–Crippen LogP) is 2.30. The molecule has 0 bridgehead atoms. The van der Waals surface area contributed by atoms with Gasteiger partial charge in [-0.1, -0.05) is 17.3 Å². The number of nitrogens with one attached hydrogen (secondary N) is 2. The largest absolute Gasteiger partial charge is 0.416 e. The summed E-state index contributed by atoms with van der Waals surface area (Å²) in [5, 5.41) is 9.75.